The number of aryl methyl sites for hydroxylation is 2. The number of hydrogen-bond acceptors (Lipinski definition) is 1. The van der Waals surface area contributed by atoms with Gasteiger partial charge in [-0.1, -0.05) is 54.6 Å². The fraction of sp³-hybridized carbons (Fsp3) is 0.167. The van der Waals surface area contributed by atoms with Crippen LogP contribution >= 0.6 is 0 Å². The zero-order chi connectivity index (χ0) is 13.2. The average molecular weight is 247 g/mol. The van der Waals surface area contributed by atoms with E-state index in [0.717, 1.165) is 5.71 Å². The molecule has 3 rings (SSSR count). The van der Waals surface area contributed by atoms with E-state index in [9.17, 15) is 0 Å². The van der Waals surface area contributed by atoms with Gasteiger partial charge in [-0.15, -0.1) is 0 Å². The molecule has 2 aromatic carbocycles. The van der Waals surface area contributed by atoms with E-state index in [4.69, 9.17) is 0 Å². The number of nitrogens with zero attached hydrogens (tertiary/aromatic N) is 1. The van der Waals surface area contributed by atoms with E-state index in [1.54, 1.807) is 0 Å². The van der Waals surface area contributed by atoms with Crippen LogP contribution in [0.2, 0.25) is 0 Å². The molecule has 0 N–H and O–H groups in total. The van der Waals surface area contributed by atoms with Crippen LogP contribution in [0.3, 0.4) is 0 Å². The SMILES string of the molecule is Cc1cccc(C)c1C1C=CN=C1c1ccccc1. The van der Waals surface area contributed by atoms with Gasteiger partial charge in [-0.3, -0.25) is 4.99 Å². The van der Waals surface area contributed by atoms with Crippen LogP contribution < -0.4 is 0 Å². The quantitative estimate of drug-likeness (QED) is 0.745. The lowest BCUT2D eigenvalue weighted by atomic mass is 9.86. The lowest BCUT2D eigenvalue weighted by molar-refractivity contribution is 1.10. The van der Waals surface area contributed by atoms with E-state index >= 15 is 0 Å². The molecule has 0 spiro atoms. The van der Waals surface area contributed by atoms with Crippen LogP contribution in [-0.4, -0.2) is 5.71 Å². The lowest BCUT2D eigenvalue weighted by Gasteiger charge is -2.18. The average Bonchev–Trinajstić information content (AvgIpc) is 2.89. The summed E-state index contributed by atoms with van der Waals surface area (Å²) in [6.45, 7) is 4.36. The highest BCUT2D eigenvalue weighted by Gasteiger charge is 2.23. The zero-order valence-electron chi connectivity index (χ0n) is 11.3. The predicted molar refractivity (Wildman–Crippen MR) is 80.8 cm³/mol. The summed E-state index contributed by atoms with van der Waals surface area (Å²) >= 11 is 0. The molecule has 0 saturated carbocycles. The van der Waals surface area contributed by atoms with E-state index in [1.165, 1.54) is 22.3 Å². The van der Waals surface area contributed by atoms with Crippen LogP contribution in [0, 0.1) is 13.8 Å². The van der Waals surface area contributed by atoms with Gasteiger partial charge < -0.3 is 0 Å². The molecule has 1 atom stereocenters. The molecule has 0 fully saturated rings. The third-order valence-electron chi connectivity index (χ3n) is 3.71. The van der Waals surface area contributed by atoms with E-state index in [2.05, 4.69) is 67.4 Å². The number of rotatable bonds is 2. The molecule has 1 unspecified atom stereocenters. The smallest absolute Gasteiger partial charge is 0.0589 e. The normalized spacial score (nSPS) is 17.6. The summed E-state index contributed by atoms with van der Waals surface area (Å²) in [6.07, 6.45) is 4.12. The molecule has 19 heavy (non-hydrogen) atoms. The first kappa shape index (κ1) is 11.9. The largest absolute Gasteiger partial charge is 0.260 e. The third-order valence-corrected chi connectivity index (χ3v) is 3.71. The Kier molecular flexibility index (Phi) is 3.04. The highest BCUT2D eigenvalue weighted by molar-refractivity contribution is 6.08. The maximum atomic E-state index is 4.58. The van der Waals surface area contributed by atoms with Crippen LogP contribution in [0.25, 0.3) is 0 Å². The van der Waals surface area contributed by atoms with Crippen molar-refractivity contribution in [2.75, 3.05) is 0 Å². The fourth-order valence-electron chi connectivity index (χ4n) is 2.79. The Balaban J connectivity index is 2.07. The van der Waals surface area contributed by atoms with E-state index < -0.39 is 0 Å². The summed E-state index contributed by atoms with van der Waals surface area (Å²) < 4.78 is 0. The Morgan fingerprint density at radius 1 is 0.842 bits per heavy atom. The minimum atomic E-state index is 0.281. The molecule has 1 heteroatoms. The molecule has 0 bridgehead atoms. The molecule has 1 aliphatic rings. The Labute approximate surface area is 114 Å². The van der Waals surface area contributed by atoms with E-state index in [-0.39, 0.29) is 5.92 Å². The summed E-state index contributed by atoms with van der Waals surface area (Å²) in [7, 11) is 0. The van der Waals surface area contributed by atoms with Gasteiger partial charge in [-0.05, 0) is 36.1 Å². The van der Waals surface area contributed by atoms with Gasteiger partial charge in [0.2, 0.25) is 0 Å². The highest BCUT2D eigenvalue weighted by atomic mass is 14.7. The molecule has 0 amide bonds. The monoisotopic (exact) mass is 247 g/mol. The van der Waals surface area contributed by atoms with Crippen molar-refractivity contribution in [3.05, 3.63) is 83.1 Å². The number of hydrogen-bond donors (Lipinski definition) is 0. The Morgan fingerprint density at radius 2 is 1.53 bits per heavy atom. The minimum Gasteiger partial charge on any atom is -0.260 e. The molecule has 1 nitrogen and oxygen atoms in total. The van der Waals surface area contributed by atoms with E-state index in [1.807, 2.05) is 12.3 Å². The Hall–Kier alpha value is -2.15. The first-order chi connectivity index (χ1) is 9.27. The number of benzene rings is 2. The fourth-order valence-corrected chi connectivity index (χ4v) is 2.79. The molecule has 0 radical (unpaired) electrons. The van der Waals surface area contributed by atoms with Crippen molar-refractivity contribution in [1.82, 2.24) is 0 Å². The first-order valence-corrected chi connectivity index (χ1v) is 6.63. The Bertz CT molecular complexity index is 630. The molecule has 0 saturated heterocycles. The summed E-state index contributed by atoms with van der Waals surface area (Å²) in [6, 6.07) is 16.9. The molecule has 1 aliphatic heterocycles. The van der Waals surface area contributed by atoms with Gasteiger partial charge in [0.25, 0.3) is 0 Å². The lowest BCUT2D eigenvalue weighted by Crippen LogP contribution is -2.12. The van der Waals surface area contributed by atoms with Crippen molar-refractivity contribution in [3.8, 4) is 0 Å². The van der Waals surface area contributed by atoms with Crippen molar-refractivity contribution in [2.45, 2.75) is 19.8 Å². The van der Waals surface area contributed by atoms with Gasteiger partial charge in [-0.2, -0.15) is 0 Å². The van der Waals surface area contributed by atoms with Gasteiger partial charge in [0, 0.05) is 12.1 Å². The van der Waals surface area contributed by atoms with Crippen LogP contribution in [0.15, 0.2) is 65.8 Å². The van der Waals surface area contributed by atoms with Crippen LogP contribution in [0.5, 0.6) is 0 Å². The van der Waals surface area contributed by atoms with Crippen molar-refractivity contribution in [3.63, 3.8) is 0 Å². The molecule has 94 valence electrons. The Morgan fingerprint density at radius 3 is 2.21 bits per heavy atom. The second-order valence-electron chi connectivity index (χ2n) is 5.01. The number of aliphatic imine (C=N–C) groups is 1. The highest BCUT2D eigenvalue weighted by Crippen LogP contribution is 2.31. The third kappa shape index (κ3) is 2.12. The van der Waals surface area contributed by atoms with E-state index in [0.29, 0.717) is 0 Å². The molecular weight excluding hydrogens is 230 g/mol. The van der Waals surface area contributed by atoms with Crippen LogP contribution in [0.4, 0.5) is 0 Å². The predicted octanol–water partition coefficient (Wildman–Crippen LogP) is 4.40. The zero-order valence-corrected chi connectivity index (χ0v) is 11.3. The summed E-state index contributed by atoms with van der Waals surface area (Å²) in [5.41, 5.74) is 6.41. The maximum absolute atomic E-state index is 4.58. The first-order valence-electron chi connectivity index (χ1n) is 6.63. The second kappa shape index (κ2) is 4.85. The van der Waals surface area contributed by atoms with Crippen LogP contribution in [0.1, 0.15) is 28.2 Å². The topological polar surface area (TPSA) is 12.4 Å². The molecule has 2 aromatic rings. The molecule has 0 aliphatic carbocycles. The summed E-state index contributed by atoms with van der Waals surface area (Å²) in [4.78, 5) is 4.58. The summed E-state index contributed by atoms with van der Waals surface area (Å²) in [5, 5.41) is 0. The van der Waals surface area contributed by atoms with Crippen molar-refractivity contribution in [1.29, 1.82) is 0 Å². The standard InChI is InChI=1S/C18H17N/c1-13-7-6-8-14(2)17(13)16-11-12-19-18(16)15-9-4-3-5-10-15/h3-12,16H,1-2H3. The van der Waals surface area contributed by atoms with Gasteiger partial charge >= 0.3 is 0 Å². The van der Waals surface area contributed by atoms with Crippen molar-refractivity contribution in [2.24, 2.45) is 4.99 Å². The van der Waals surface area contributed by atoms with Gasteiger partial charge in [0.05, 0.1) is 5.71 Å². The maximum Gasteiger partial charge on any atom is 0.0589 e. The second-order valence-corrected chi connectivity index (χ2v) is 5.01. The van der Waals surface area contributed by atoms with Gasteiger partial charge in [0.15, 0.2) is 0 Å². The van der Waals surface area contributed by atoms with Crippen LogP contribution in [-0.2, 0) is 0 Å². The summed E-state index contributed by atoms with van der Waals surface area (Å²) in [5.74, 6) is 0.281. The molecule has 0 aromatic heterocycles. The molecule has 1 heterocycles. The molecular formula is C18H17N. The minimum absolute atomic E-state index is 0.281. The number of allylic oxidation sites excluding steroid dienone is 1. The van der Waals surface area contributed by atoms with Crippen molar-refractivity contribution < 1.29 is 0 Å². The van der Waals surface area contributed by atoms with Gasteiger partial charge in [0.1, 0.15) is 0 Å². The van der Waals surface area contributed by atoms with Crippen molar-refractivity contribution >= 4 is 5.71 Å². The van der Waals surface area contributed by atoms with Gasteiger partial charge in [-0.25, -0.2) is 0 Å².